The van der Waals surface area contributed by atoms with E-state index in [4.69, 9.17) is 14.0 Å². The van der Waals surface area contributed by atoms with Gasteiger partial charge in [0.05, 0.1) is 18.6 Å². The van der Waals surface area contributed by atoms with E-state index in [1.807, 2.05) is 55.2 Å². The predicted octanol–water partition coefficient (Wildman–Crippen LogP) is 4.50. The minimum atomic E-state index is -0.212. The third-order valence-electron chi connectivity index (χ3n) is 6.53. The van der Waals surface area contributed by atoms with Gasteiger partial charge in [-0.15, -0.1) is 0 Å². The summed E-state index contributed by atoms with van der Waals surface area (Å²) in [5, 5.41) is 11.8. The second kappa shape index (κ2) is 10.9. The van der Waals surface area contributed by atoms with Gasteiger partial charge in [0.2, 0.25) is 5.82 Å². The van der Waals surface area contributed by atoms with E-state index in [-0.39, 0.29) is 18.0 Å². The molecule has 1 fully saturated rings. The van der Waals surface area contributed by atoms with Crippen molar-refractivity contribution in [3.05, 3.63) is 59.9 Å². The second-order valence-electron chi connectivity index (χ2n) is 9.12. The minimum Gasteiger partial charge on any atom is -0.426 e. The minimum absolute atomic E-state index is 0.123. The highest BCUT2D eigenvalue weighted by Gasteiger charge is 2.28. The van der Waals surface area contributed by atoms with Crippen LogP contribution in [-0.4, -0.2) is 50.6 Å². The molecule has 3 aromatic heterocycles. The smallest absolute Gasteiger partial charge is 0.314 e. The van der Waals surface area contributed by atoms with E-state index in [0.717, 1.165) is 29.1 Å². The molecule has 192 valence electrons. The molecular weight excluding hydrogens is 472 g/mol. The molecule has 10 heteroatoms. The van der Waals surface area contributed by atoms with Crippen LogP contribution in [0.3, 0.4) is 0 Å². The Morgan fingerprint density at radius 1 is 1.22 bits per heavy atom. The van der Waals surface area contributed by atoms with Crippen LogP contribution in [-0.2, 0) is 16.1 Å². The first-order valence-corrected chi connectivity index (χ1v) is 12.5. The molecule has 2 atom stereocenters. The van der Waals surface area contributed by atoms with Crippen molar-refractivity contribution < 1.29 is 18.8 Å². The molecule has 0 spiro atoms. The van der Waals surface area contributed by atoms with Crippen LogP contribution in [0.25, 0.3) is 23.0 Å². The largest absolute Gasteiger partial charge is 0.426 e. The first kappa shape index (κ1) is 24.6. The molecule has 1 aliphatic heterocycles. The standard InChI is InChI=1S/C27H30N6O4/c1-4-21-14-20(11-12-35-21)27(34)36-22-8-6-19(7-9-22)25-30-26(37-32-25)23-13-17(2)33(31-23)16-18-5-10-24(28-3)29-15-18/h5-10,13,15,20-21H,4,11-12,14,16H2,1-3H3,(H,28,29). The molecule has 37 heavy (non-hydrogen) atoms. The molecule has 1 aliphatic rings. The second-order valence-corrected chi connectivity index (χ2v) is 9.12. The van der Waals surface area contributed by atoms with Crippen molar-refractivity contribution in [1.29, 1.82) is 0 Å². The highest BCUT2D eigenvalue weighted by Crippen LogP contribution is 2.27. The Balaban J connectivity index is 1.24. The molecule has 10 nitrogen and oxygen atoms in total. The summed E-state index contributed by atoms with van der Waals surface area (Å²) in [5.41, 5.74) is 3.35. The number of nitrogens with zero attached hydrogens (tertiary/aromatic N) is 5. The third kappa shape index (κ3) is 5.69. The molecule has 4 aromatic rings. The molecule has 0 radical (unpaired) electrons. The average molecular weight is 503 g/mol. The monoisotopic (exact) mass is 502 g/mol. The van der Waals surface area contributed by atoms with Crippen LogP contribution in [0.1, 0.15) is 37.4 Å². The Kier molecular flexibility index (Phi) is 7.27. The number of nitrogens with one attached hydrogen (secondary N) is 1. The van der Waals surface area contributed by atoms with Crippen LogP contribution < -0.4 is 10.1 Å². The fourth-order valence-electron chi connectivity index (χ4n) is 4.31. The van der Waals surface area contributed by atoms with Crippen molar-refractivity contribution in [2.45, 2.75) is 45.8 Å². The first-order chi connectivity index (χ1) is 18.0. The van der Waals surface area contributed by atoms with Crippen LogP contribution in [0.15, 0.2) is 53.2 Å². The van der Waals surface area contributed by atoms with E-state index >= 15 is 0 Å². The SMILES string of the molecule is CCC1CC(C(=O)Oc2ccc(-c3noc(-c4cc(C)n(Cc5ccc(NC)nc5)n4)n3)cc2)CCO1. The fraction of sp³-hybridized carbons (Fsp3) is 0.370. The van der Waals surface area contributed by atoms with Crippen LogP contribution in [0.2, 0.25) is 0 Å². The Bertz CT molecular complexity index is 1350. The van der Waals surface area contributed by atoms with Crippen LogP contribution in [0, 0.1) is 12.8 Å². The number of aromatic nitrogens is 5. The molecule has 0 aliphatic carbocycles. The summed E-state index contributed by atoms with van der Waals surface area (Å²) in [6, 6.07) is 12.9. The molecular formula is C27H30N6O4. The maximum absolute atomic E-state index is 12.6. The van der Waals surface area contributed by atoms with Crippen LogP contribution in [0.5, 0.6) is 5.75 Å². The summed E-state index contributed by atoms with van der Waals surface area (Å²) < 4.78 is 18.6. The number of carbonyl (C=O) groups is 1. The lowest BCUT2D eigenvalue weighted by molar-refractivity contribution is -0.144. The summed E-state index contributed by atoms with van der Waals surface area (Å²) in [6.45, 7) is 5.22. The molecule has 1 aromatic carbocycles. The molecule has 0 bridgehead atoms. The Morgan fingerprint density at radius 3 is 2.78 bits per heavy atom. The highest BCUT2D eigenvalue weighted by atomic mass is 16.5. The molecule has 0 saturated carbocycles. The Labute approximate surface area is 215 Å². The summed E-state index contributed by atoms with van der Waals surface area (Å²) in [4.78, 5) is 21.5. The number of pyridine rings is 1. The van der Waals surface area contributed by atoms with E-state index in [1.165, 1.54) is 0 Å². The lowest BCUT2D eigenvalue weighted by atomic mass is 9.94. The molecule has 5 rings (SSSR count). The van der Waals surface area contributed by atoms with Gasteiger partial charge < -0.3 is 19.3 Å². The van der Waals surface area contributed by atoms with Gasteiger partial charge in [-0.05, 0) is 68.1 Å². The number of hydrogen-bond acceptors (Lipinski definition) is 9. The van der Waals surface area contributed by atoms with Crippen molar-refractivity contribution in [3.8, 4) is 28.7 Å². The van der Waals surface area contributed by atoms with Crippen molar-refractivity contribution >= 4 is 11.8 Å². The van der Waals surface area contributed by atoms with Crippen LogP contribution >= 0.6 is 0 Å². The number of benzene rings is 1. The quantitative estimate of drug-likeness (QED) is 0.274. The van der Waals surface area contributed by atoms with Gasteiger partial charge in [-0.3, -0.25) is 9.48 Å². The van der Waals surface area contributed by atoms with Crippen molar-refractivity contribution in [3.63, 3.8) is 0 Å². The lowest BCUT2D eigenvalue weighted by Crippen LogP contribution is -2.32. The number of aryl methyl sites for hydroxylation is 1. The Hall–Kier alpha value is -4.05. The number of rotatable bonds is 8. The topological polar surface area (TPSA) is 117 Å². The van der Waals surface area contributed by atoms with E-state index in [0.29, 0.717) is 49.2 Å². The average Bonchev–Trinajstić information content (AvgIpc) is 3.57. The van der Waals surface area contributed by atoms with Gasteiger partial charge in [-0.1, -0.05) is 18.1 Å². The van der Waals surface area contributed by atoms with E-state index in [1.54, 1.807) is 12.1 Å². The molecule has 0 amide bonds. The van der Waals surface area contributed by atoms with E-state index < -0.39 is 0 Å². The number of esters is 1. The van der Waals surface area contributed by atoms with Gasteiger partial charge in [0.25, 0.3) is 5.89 Å². The summed E-state index contributed by atoms with van der Waals surface area (Å²) in [5.74, 6) is 1.73. The van der Waals surface area contributed by atoms with Gasteiger partial charge in [0, 0.05) is 31.1 Å². The van der Waals surface area contributed by atoms with Crippen molar-refractivity contribution in [1.82, 2.24) is 24.9 Å². The van der Waals surface area contributed by atoms with Gasteiger partial charge >= 0.3 is 5.97 Å². The number of carbonyl (C=O) groups excluding carboxylic acids is 1. The maximum atomic E-state index is 12.6. The molecule has 1 saturated heterocycles. The highest BCUT2D eigenvalue weighted by molar-refractivity contribution is 5.75. The third-order valence-corrected chi connectivity index (χ3v) is 6.53. The fourth-order valence-corrected chi connectivity index (χ4v) is 4.31. The normalized spacial score (nSPS) is 17.5. The van der Waals surface area contributed by atoms with Gasteiger partial charge in [-0.2, -0.15) is 10.1 Å². The van der Waals surface area contributed by atoms with Gasteiger partial charge in [0.1, 0.15) is 11.6 Å². The zero-order valence-electron chi connectivity index (χ0n) is 21.2. The number of anilines is 1. The molecule has 2 unspecified atom stereocenters. The summed E-state index contributed by atoms with van der Waals surface area (Å²) >= 11 is 0. The summed E-state index contributed by atoms with van der Waals surface area (Å²) in [7, 11) is 1.84. The first-order valence-electron chi connectivity index (χ1n) is 12.5. The molecule has 1 N–H and O–H groups in total. The van der Waals surface area contributed by atoms with Gasteiger partial charge in [-0.25, -0.2) is 4.98 Å². The summed E-state index contributed by atoms with van der Waals surface area (Å²) in [6.07, 6.45) is 4.23. The maximum Gasteiger partial charge on any atom is 0.314 e. The van der Waals surface area contributed by atoms with Crippen molar-refractivity contribution in [2.75, 3.05) is 19.0 Å². The van der Waals surface area contributed by atoms with Crippen molar-refractivity contribution in [2.24, 2.45) is 5.92 Å². The van der Waals surface area contributed by atoms with Gasteiger partial charge in [0.15, 0.2) is 5.69 Å². The van der Waals surface area contributed by atoms with E-state index in [9.17, 15) is 4.79 Å². The van der Waals surface area contributed by atoms with E-state index in [2.05, 4.69) is 32.5 Å². The zero-order chi connectivity index (χ0) is 25.8. The zero-order valence-corrected chi connectivity index (χ0v) is 21.2. The molecule has 4 heterocycles. The lowest BCUT2D eigenvalue weighted by Gasteiger charge is -2.27. The van der Waals surface area contributed by atoms with Crippen LogP contribution in [0.4, 0.5) is 5.82 Å². The Morgan fingerprint density at radius 2 is 2.05 bits per heavy atom. The number of hydrogen-bond donors (Lipinski definition) is 1. The number of ether oxygens (including phenoxy) is 2. The predicted molar refractivity (Wildman–Crippen MR) is 137 cm³/mol.